The molecule has 2 unspecified atom stereocenters. The zero-order valence-electron chi connectivity index (χ0n) is 16.8. The van der Waals surface area contributed by atoms with Gasteiger partial charge in [-0.2, -0.15) is 5.10 Å². The van der Waals surface area contributed by atoms with Gasteiger partial charge in [0.15, 0.2) is 0 Å². The predicted molar refractivity (Wildman–Crippen MR) is 115 cm³/mol. The molecule has 1 aliphatic rings. The van der Waals surface area contributed by atoms with Gasteiger partial charge in [0.2, 0.25) is 0 Å². The molecule has 2 aromatic heterocycles. The summed E-state index contributed by atoms with van der Waals surface area (Å²) in [6, 6.07) is 7.50. The molecule has 0 radical (unpaired) electrons. The van der Waals surface area contributed by atoms with Gasteiger partial charge in [0.1, 0.15) is 11.1 Å². The van der Waals surface area contributed by atoms with Crippen molar-refractivity contribution in [2.45, 2.75) is 39.5 Å². The second-order valence-electron chi connectivity index (χ2n) is 7.66. The van der Waals surface area contributed by atoms with Crippen molar-refractivity contribution in [2.75, 3.05) is 18.8 Å². The molecule has 29 heavy (non-hydrogen) atoms. The summed E-state index contributed by atoms with van der Waals surface area (Å²) in [4.78, 5) is 15.8. The Morgan fingerprint density at radius 2 is 2.00 bits per heavy atom. The molecule has 2 atom stereocenters. The second-order valence-corrected chi connectivity index (χ2v) is 8.69. The van der Waals surface area contributed by atoms with Gasteiger partial charge in [-0.05, 0) is 44.9 Å². The highest BCUT2D eigenvalue weighted by Gasteiger charge is 2.32. The average molecular weight is 412 g/mol. The lowest BCUT2D eigenvalue weighted by atomic mass is 10.1. The van der Waals surface area contributed by atoms with Gasteiger partial charge in [0.05, 0.1) is 16.3 Å². The molecule has 4 rings (SSSR count). The van der Waals surface area contributed by atoms with Crippen molar-refractivity contribution < 1.29 is 9.90 Å². The van der Waals surface area contributed by atoms with Gasteiger partial charge >= 0.3 is 0 Å². The fourth-order valence-corrected chi connectivity index (χ4v) is 4.84. The number of rotatable bonds is 4. The van der Waals surface area contributed by atoms with Crippen LogP contribution in [0, 0.1) is 20.8 Å². The second kappa shape index (κ2) is 7.70. The summed E-state index contributed by atoms with van der Waals surface area (Å²) in [5.41, 5.74) is 10.5. The van der Waals surface area contributed by atoms with E-state index in [1.807, 2.05) is 49.9 Å². The number of anilines is 1. The first kappa shape index (κ1) is 19.8. The lowest BCUT2D eigenvalue weighted by molar-refractivity contribution is 0.0209. The summed E-state index contributed by atoms with van der Waals surface area (Å²) in [7, 11) is 0. The van der Waals surface area contributed by atoms with Gasteiger partial charge < -0.3 is 16.2 Å². The van der Waals surface area contributed by atoms with Gasteiger partial charge in [-0.1, -0.05) is 17.7 Å². The van der Waals surface area contributed by atoms with Crippen LogP contribution in [-0.2, 0) is 0 Å². The first-order valence-electron chi connectivity index (χ1n) is 9.66. The number of thiophene rings is 1. The van der Waals surface area contributed by atoms with E-state index in [2.05, 4.69) is 15.5 Å². The Morgan fingerprint density at radius 1 is 1.28 bits per heavy atom. The van der Waals surface area contributed by atoms with Crippen molar-refractivity contribution in [1.29, 1.82) is 0 Å². The highest BCUT2D eigenvalue weighted by atomic mass is 32.1. The highest BCUT2D eigenvalue weighted by molar-refractivity contribution is 7.19. The Hall–Kier alpha value is -2.55. The molecule has 1 fully saturated rings. The molecule has 1 aliphatic heterocycles. The number of hydrogen-bond acceptors (Lipinski definition) is 7. The molecule has 0 aliphatic carbocycles. The summed E-state index contributed by atoms with van der Waals surface area (Å²) in [5.74, 6) is -0.0888. The van der Waals surface area contributed by atoms with Crippen LogP contribution in [0.3, 0.4) is 0 Å². The van der Waals surface area contributed by atoms with Crippen molar-refractivity contribution in [1.82, 2.24) is 20.4 Å². The molecule has 3 aromatic rings. The number of carbonyl (C=O) groups is 1. The number of carbonyl (C=O) groups excluding carboxylic acids is 1. The Labute approximate surface area is 173 Å². The van der Waals surface area contributed by atoms with Crippen LogP contribution in [0.4, 0.5) is 5.69 Å². The normalized spacial score (nSPS) is 18.3. The summed E-state index contributed by atoms with van der Waals surface area (Å²) in [5, 5.41) is 23.3. The standard InChI is InChI=1S/C21H25N5O2S/c1-11-4-6-14(7-5-11)19(27)23-15-8-9-26(10-15)21(28)18-17(22)16-12(2)13(3)24-25-20(16)29-18/h4-7,15,21,28H,8-10,22H2,1-3H3,(H,23,27). The molecule has 152 valence electrons. The summed E-state index contributed by atoms with van der Waals surface area (Å²) in [6.45, 7) is 7.11. The van der Waals surface area contributed by atoms with Crippen molar-refractivity contribution in [3.63, 3.8) is 0 Å². The lowest BCUT2D eigenvalue weighted by Crippen LogP contribution is -2.37. The lowest BCUT2D eigenvalue weighted by Gasteiger charge is -2.22. The van der Waals surface area contributed by atoms with Crippen molar-refractivity contribution in [3.8, 4) is 0 Å². The van der Waals surface area contributed by atoms with Gasteiger partial charge in [-0.3, -0.25) is 9.69 Å². The number of aryl methyl sites for hydroxylation is 3. The molecule has 1 amide bonds. The summed E-state index contributed by atoms with van der Waals surface area (Å²) < 4.78 is 0. The minimum atomic E-state index is -0.824. The van der Waals surface area contributed by atoms with Crippen LogP contribution in [-0.4, -0.2) is 45.2 Å². The summed E-state index contributed by atoms with van der Waals surface area (Å²) >= 11 is 1.38. The molecule has 1 aromatic carbocycles. The number of nitrogens with two attached hydrogens (primary N) is 1. The van der Waals surface area contributed by atoms with Gasteiger partial charge in [-0.15, -0.1) is 16.4 Å². The Morgan fingerprint density at radius 3 is 2.72 bits per heavy atom. The first-order chi connectivity index (χ1) is 13.8. The molecule has 0 bridgehead atoms. The number of fused-ring (bicyclic) bond motifs is 1. The molecular formula is C21H25N5O2S. The van der Waals surface area contributed by atoms with E-state index in [4.69, 9.17) is 5.73 Å². The van der Waals surface area contributed by atoms with Crippen molar-refractivity contribution >= 4 is 33.1 Å². The first-order valence-corrected chi connectivity index (χ1v) is 10.5. The third-order valence-electron chi connectivity index (χ3n) is 5.61. The molecule has 0 saturated carbocycles. The largest absolute Gasteiger partial charge is 0.397 e. The van der Waals surface area contributed by atoms with Crippen LogP contribution in [0.5, 0.6) is 0 Å². The average Bonchev–Trinajstić information content (AvgIpc) is 3.29. The molecule has 0 spiro atoms. The van der Waals surface area contributed by atoms with Crippen LogP contribution in [0.25, 0.3) is 10.2 Å². The predicted octanol–water partition coefficient (Wildman–Crippen LogP) is 2.69. The number of aromatic nitrogens is 2. The maximum atomic E-state index is 12.5. The maximum absolute atomic E-state index is 12.5. The zero-order chi connectivity index (χ0) is 20.7. The number of likely N-dealkylation sites (tertiary alicyclic amines) is 1. The minimum Gasteiger partial charge on any atom is -0.397 e. The van der Waals surface area contributed by atoms with Gasteiger partial charge in [0, 0.05) is 30.1 Å². The van der Waals surface area contributed by atoms with Gasteiger partial charge in [0.25, 0.3) is 5.91 Å². The van der Waals surface area contributed by atoms with Crippen molar-refractivity contribution in [2.24, 2.45) is 0 Å². The SMILES string of the molecule is Cc1ccc(C(=O)NC2CCN(C(O)c3sc4nnc(C)c(C)c4c3N)C2)cc1. The molecule has 7 nitrogen and oxygen atoms in total. The minimum absolute atomic E-state index is 0.0159. The van der Waals surface area contributed by atoms with E-state index in [9.17, 15) is 9.90 Å². The van der Waals surface area contributed by atoms with Crippen LogP contribution >= 0.6 is 11.3 Å². The number of aliphatic hydroxyl groups excluding tert-OH is 1. The summed E-state index contributed by atoms with van der Waals surface area (Å²) in [6.07, 6.45) is -0.0487. The van der Waals surface area contributed by atoms with Crippen LogP contribution in [0.1, 0.15) is 44.7 Å². The topological polar surface area (TPSA) is 104 Å². The van der Waals surface area contributed by atoms with E-state index in [1.54, 1.807) is 0 Å². The monoisotopic (exact) mass is 411 g/mol. The number of aliphatic hydroxyl groups is 1. The zero-order valence-corrected chi connectivity index (χ0v) is 17.6. The Kier molecular flexibility index (Phi) is 5.24. The molecule has 8 heteroatoms. The number of nitrogen functional groups attached to an aromatic ring is 1. The maximum Gasteiger partial charge on any atom is 0.251 e. The van der Waals surface area contributed by atoms with Gasteiger partial charge in [-0.25, -0.2) is 0 Å². The van der Waals surface area contributed by atoms with Crippen LogP contribution < -0.4 is 11.1 Å². The van der Waals surface area contributed by atoms with E-state index in [1.165, 1.54) is 11.3 Å². The Bertz CT molecular complexity index is 1060. The van der Waals surface area contributed by atoms with E-state index < -0.39 is 6.23 Å². The van der Waals surface area contributed by atoms with E-state index >= 15 is 0 Å². The quantitative estimate of drug-likeness (QED) is 0.610. The van der Waals surface area contributed by atoms with E-state index in [-0.39, 0.29) is 11.9 Å². The fourth-order valence-electron chi connectivity index (χ4n) is 3.72. The number of amides is 1. The van der Waals surface area contributed by atoms with Crippen molar-refractivity contribution in [3.05, 3.63) is 51.5 Å². The number of nitrogens with one attached hydrogen (secondary N) is 1. The van der Waals surface area contributed by atoms with E-state index in [0.717, 1.165) is 33.5 Å². The third-order valence-corrected chi connectivity index (χ3v) is 6.74. The fraction of sp³-hybridized carbons (Fsp3) is 0.381. The third kappa shape index (κ3) is 3.71. The number of hydrogen-bond donors (Lipinski definition) is 3. The number of nitrogens with zero attached hydrogens (tertiary/aromatic N) is 3. The molecule has 4 N–H and O–H groups in total. The molecule has 1 saturated heterocycles. The number of benzene rings is 1. The molecule has 3 heterocycles. The molecular weight excluding hydrogens is 386 g/mol. The van der Waals surface area contributed by atoms with Crippen LogP contribution in [0.2, 0.25) is 0 Å². The Balaban J connectivity index is 1.47. The van der Waals surface area contributed by atoms with E-state index in [0.29, 0.717) is 29.2 Å². The highest BCUT2D eigenvalue weighted by Crippen LogP contribution is 2.40. The smallest absolute Gasteiger partial charge is 0.251 e. The van der Waals surface area contributed by atoms with Crippen LogP contribution in [0.15, 0.2) is 24.3 Å².